The number of hydrogen-bond donors (Lipinski definition) is 0. The molecule has 1 fully saturated rings. The number of benzene rings is 1. The Morgan fingerprint density at radius 1 is 1.33 bits per heavy atom. The van der Waals surface area contributed by atoms with E-state index >= 15 is 0 Å². The summed E-state index contributed by atoms with van der Waals surface area (Å²) < 4.78 is 5.34. The lowest BCUT2D eigenvalue weighted by molar-refractivity contribution is -0.131. The van der Waals surface area contributed by atoms with Crippen LogP contribution in [-0.4, -0.2) is 30.7 Å². The van der Waals surface area contributed by atoms with Gasteiger partial charge in [0.1, 0.15) is 12.0 Å². The summed E-state index contributed by atoms with van der Waals surface area (Å²) in [7, 11) is 1.60. The molecule has 4 heteroatoms. The first-order valence-corrected chi connectivity index (χ1v) is 7.35. The summed E-state index contributed by atoms with van der Waals surface area (Å²) in [6.07, 6.45) is 3.32. The predicted octanol–water partition coefficient (Wildman–Crippen LogP) is 3.05. The van der Waals surface area contributed by atoms with Gasteiger partial charge in [0.05, 0.1) is 7.11 Å². The highest BCUT2D eigenvalue weighted by Crippen LogP contribution is 2.31. The van der Waals surface area contributed by atoms with Crippen molar-refractivity contribution < 1.29 is 14.3 Å². The average Bonchev–Trinajstić information content (AvgIpc) is 2.60. The number of ether oxygens (including phenoxy) is 1. The first kappa shape index (κ1) is 15.5. The Morgan fingerprint density at radius 2 is 2.10 bits per heavy atom. The summed E-state index contributed by atoms with van der Waals surface area (Å²) in [5.74, 6) is 0.899. The second-order valence-corrected chi connectivity index (χ2v) is 6.42. The van der Waals surface area contributed by atoms with Crippen molar-refractivity contribution in [3.05, 3.63) is 29.3 Å². The van der Waals surface area contributed by atoms with Crippen LogP contribution in [0.2, 0.25) is 0 Å². The topological polar surface area (TPSA) is 46.6 Å². The summed E-state index contributed by atoms with van der Waals surface area (Å²) in [5, 5.41) is 0. The van der Waals surface area contributed by atoms with Crippen molar-refractivity contribution in [1.82, 2.24) is 4.90 Å². The Morgan fingerprint density at radius 3 is 2.76 bits per heavy atom. The van der Waals surface area contributed by atoms with E-state index in [1.54, 1.807) is 25.3 Å². The lowest BCUT2D eigenvalue weighted by Gasteiger charge is -2.24. The largest absolute Gasteiger partial charge is 0.496 e. The Kier molecular flexibility index (Phi) is 4.66. The van der Waals surface area contributed by atoms with Crippen LogP contribution in [0.1, 0.15) is 49.0 Å². The van der Waals surface area contributed by atoms with E-state index in [0.717, 1.165) is 37.0 Å². The van der Waals surface area contributed by atoms with Crippen LogP contribution in [0.3, 0.4) is 0 Å². The van der Waals surface area contributed by atoms with Crippen molar-refractivity contribution >= 4 is 12.2 Å². The molecule has 0 unspecified atom stereocenters. The third-order valence-corrected chi connectivity index (χ3v) is 4.23. The number of hydrogen-bond acceptors (Lipinski definition) is 3. The standard InChI is InChI=1S/C17H23NO3/c1-17(2)7-6-16(20)18(9-8-17)11-14-10-13(12-19)4-5-15(14)21-3/h4-5,10,12H,6-9,11H2,1-3H3. The molecule has 1 saturated heterocycles. The molecule has 0 bridgehead atoms. The predicted molar refractivity (Wildman–Crippen MR) is 81.4 cm³/mol. The maximum Gasteiger partial charge on any atom is 0.222 e. The van der Waals surface area contributed by atoms with Crippen LogP contribution in [0.25, 0.3) is 0 Å². The molecule has 0 saturated carbocycles. The molecule has 0 aromatic heterocycles. The second kappa shape index (κ2) is 6.29. The highest BCUT2D eigenvalue weighted by Gasteiger charge is 2.27. The zero-order chi connectivity index (χ0) is 15.5. The van der Waals surface area contributed by atoms with Gasteiger partial charge >= 0.3 is 0 Å². The van der Waals surface area contributed by atoms with E-state index in [2.05, 4.69) is 13.8 Å². The van der Waals surface area contributed by atoms with Crippen molar-refractivity contribution in [2.45, 2.75) is 39.7 Å². The number of carbonyl (C=O) groups is 2. The van der Waals surface area contributed by atoms with Crippen molar-refractivity contribution in [3.63, 3.8) is 0 Å². The van der Waals surface area contributed by atoms with Gasteiger partial charge in [0.25, 0.3) is 0 Å². The Bertz CT molecular complexity index is 537. The van der Waals surface area contributed by atoms with Gasteiger partial charge in [-0.25, -0.2) is 0 Å². The third-order valence-electron chi connectivity index (χ3n) is 4.23. The Hall–Kier alpha value is -1.84. The number of methoxy groups -OCH3 is 1. The maximum atomic E-state index is 12.3. The quantitative estimate of drug-likeness (QED) is 0.800. The van der Waals surface area contributed by atoms with Crippen molar-refractivity contribution in [3.8, 4) is 5.75 Å². The first-order chi connectivity index (χ1) is 9.95. The van der Waals surface area contributed by atoms with Gasteiger partial charge in [0.2, 0.25) is 5.91 Å². The molecular formula is C17H23NO3. The van der Waals surface area contributed by atoms with Gasteiger partial charge in [-0.2, -0.15) is 0 Å². The van der Waals surface area contributed by atoms with Gasteiger partial charge in [0, 0.05) is 30.6 Å². The Balaban J connectivity index is 2.20. The van der Waals surface area contributed by atoms with Gasteiger partial charge in [0.15, 0.2) is 0 Å². The van der Waals surface area contributed by atoms with E-state index < -0.39 is 0 Å². The molecule has 1 aromatic carbocycles. The lowest BCUT2D eigenvalue weighted by atomic mass is 9.85. The highest BCUT2D eigenvalue weighted by atomic mass is 16.5. The molecule has 4 nitrogen and oxygen atoms in total. The monoisotopic (exact) mass is 289 g/mol. The molecule has 114 valence electrons. The molecule has 0 atom stereocenters. The molecular weight excluding hydrogens is 266 g/mol. The van der Waals surface area contributed by atoms with Gasteiger partial charge in [-0.05, 0) is 36.5 Å². The minimum absolute atomic E-state index is 0.180. The fraction of sp³-hybridized carbons (Fsp3) is 0.529. The van der Waals surface area contributed by atoms with Crippen LogP contribution in [-0.2, 0) is 11.3 Å². The van der Waals surface area contributed by atoms with Gasteiger partial charge in [-0.1, -0.05) is 13.8 Å². The summed E-state index contributed by atoms with van der Waals surface area (Å²) in [6.45, 7) is 5.66. The SMILES string of the molecule is COc1ccc(C=O)cc1CN1CCC(C)(C)CCC1=O. The average molecular weight is 289 g/mol. The number of rotatable bonds is 4. The molecule has 0 spiro atoms. The first-order valence-electron chi connectivity index (χ1n) is 7.35. The zero-order valence-electron chi connectivity index (χ0n) is 13.0. The van der Waals surface area contributed by atoms with Crippen LogP contribution in [0.4, 0.5) is 0 Å². The fourth-order valence-electron chi connectivity index (χ4n) is 2.66. The van der Waals surface area contributed by atoms with E-state index in [1.807, 2.05) is 4.90 Å². The van der Waals surface area contributed by atoms with Crippen molar-refractivity contribution in [1.29, 1.82) is 0 Å². The molecule has 1 aliphatic heterocycles. The normalized spacial score (nSPS) is 18.2. The third kappa shape index (κ3) is 3.84. The molecule has 21 heavy (non-hydrogen) atoms. The Labute approximate surface area is 126 Å². The van der Waals surface area contributed by atoms with Crippen LogP contribution < -0.4 is 4.74 Å². The fourth-order valence-corrected chi connectivity index (χ4v) is 2.66. The molecule has 2 rings (SSSR count). The number of carbonyl (C=O) groups excluding carboxylic acids is 2. The van der Waals surface area contributed by atoms with E-state index in [-0.39, 0.29) is 11.3 Å². The van der Waals surface area contributed by atoms with Crippen LogP contribution >= 0.6 is 0 Å². The molecule has 0 N–H and O–H groups in total. The number of nitrogens with zero attached hydrogens (tertiary/aromatic N) is 1. The second-order valence-electron chi connectivity index (χ2n) is 6.42. The van der Waals surface area contributed by atoms with Crippen molar-refractivity contribution in [2.75, 3.05) is 13.7 Å². The summed E-state index contributed by atoms with van der Waals surface area (Å²) in [6, 6.07) is 5.31. The number of amides is 1. The highest BCUT2D eigenvalue weighted by molar-refractivity contribution is 5.77. The van der Waals surface area contributed by atoms with Crippen LogP contribution in [0.15, 0.2) is 18.2 Å². The van der Waals surface area contributed by atoms with E-state index in [9.17, 15) is 9.59 Å². The maximum absolute atomic E-state index is 12.3. The van der Waals surface area contributed by atoms with E-state index in [1.165, 1.54) is 0 Å². The van der Waals surface area contributed by atoms with Gasteiger partial charge < -0.3 is 9.64 Å². The number of likely N-dealkylation sites (tertiary alicyclic amines) is 1. The number of aldehydes is 1. The van der Waals surface area contributed by atoms with E-state index in [0.29, 0.717) is 18.5 Å². The molecule has 1 aromatic rings. The molecule has 1 amide bonds. The molecule has 1 heterocycles. The van der Waals surface area contributed by atoms with Gasteiger partial charge in [-0.15, -0.1) is 0 Å². The van der Waals surface area contributed by atoms with Crippen molar-refractivity contribution in [2.24, 2.45) is 5.41 Å². The molecule has 0 radical (unpaired) electrons. The molecule has 0 aliphatic carbocycles. The zero-order valence-corrected chi connectivity index (χ0v) is 13.0. The lowest BCUT2D eigenvalue weighted by Crippen LogP contribution is -2.30. The molecule has 1 aliphatic rings. The summed E-state index contributed by atoms with van der Waals surface area (Å²) >= 11 is 0. The minimum atomic E-state index is 0.180. The van der Waals surface area contributed by atoms with Crippen LogP contribution in [0.5, 0.6) is 5.75 Å². The van der Waals surface area contributed by atoms with E-state index in [4.69, 9.17) is 4.74 Å². The van der Waals surface area contributed by atoms with Gasteiger partial charge in [-0.3, -0.25) is 9.59 Å². The van der Waals surface area contributed by atoms with Crippen LogP contribution in [0, 0.1) is 5.41 Å². The smallest absolute Gasteiger partial charge is 0.222 e. The summed E-state index contributed by atoms with van der Waals surface area (Å²) in [5.41, 5.74) is 1.70. The minimum Gasteiger partial charge on any atom is -0.496 e. The summed E-state index contributed by atoms with van der Waals surface area (Å²) in [4.78, 5) is 25.1.